The highest BCUT2D eigenvalue weighted by Crippen LogP contribution is 2.40. The summed E-state index contributed by atoms with van der Waals surface area (Å²) in [6.07, 6.45) is 1.74. The minimum absolute atomic E-state index is 0.126. The number of hydrogen-bond donors (Lipinski definition) is 1. The zero-order valence-electron chi connectivity index (χ0n) is 14.4. The van der Waals surface area contributed by atoms with E-state index in [2.05, 4.69) is 0 Å². The fourth-order valence-electron chi connectivity index (χ4n) is 3.49. The molecule has 0 aliphatic carbocycles. The van der Waals surface area contributed by atoms with Gasteiger partial charge in [-0.15, -0.1) is 0 Å². The van der Waals surface area contributed by atoms with Gasteiger partial charge in [-0.25, -0.2) is 0 Å². The third-order valence-corrected chi connectivity index (χ3v) is 4.79. The summed E-state index contributed by atoms with van der Waals surface area (Å²) < 4.78 is 0. The first kappa shape index (κ1) is 17.4. The summed E-state index contributed by atoms with van der Waals surface area (Å²) in [5.74, 6) is -1.65. The Morgan fingerprint density at radius 2 is 1.60 bits per heavy atom. The van der Waals surface area contributed by atoms with E-state index in [4.69, 9.17) is 0 Å². The van der Waals surface area contributed by atoms with Gasteiger partial charge in [0.1, 0.15) is 5.92 Å². The summed E-state index contributed by atoms with van der Waals surface area (Å²) in [4.78, 5) is 27.2. The number of imide groups is 1. The maximum atomic E-state index is 13.0. The van der Waals surface area contributed by atoms with E-state index in [0.717, 1.165) is 18.4 Å². The molecule has 2 atom stereocenters. The van der Waals surface area contributed by atoms with Gasteiger partial charge in [-0.1, -0.05) is 74.0 Å². The summed E-state index contributed by atoms with van der Waals surface area (Å²) in [7, 11) is 0. The van der Waals surface area contributed by atoms with Crippen LogP contribution in [0.25, 0.3) is 0 Å². The summed E-state index contributed by atoms with van der Waals surface area (Å²) in [5.41, 5.74) is -0.226. The van der Waals surface area contributed by atoms with Gasteiger partial charge in [0.25, 0.3) is 5.91 Å². The Morgan fingerprint density at radius 3 is 2.20 bits per heavy atom. The van der Waals surface area contributed by atoms with Gasteiger partial charge in [-0.3, -0.25) is 14.5 Å². The zero-order valence-corrected chi connectivity index (χ0v) is 14.4. The SMILES string of the molecule is CCCCN1C(=O)[C@@H](c2ccccc2)[C@](O)(Cc2ccccc2)C1=O. The van der Waals surface area contributed by atoms with Crippen molar-refractivity contribution in [2.24, 2.45) is 0 Å². The summed E-state index contributed by atoms with van der Waals surface area (Å²) in [6.45, 7) is 2.37. The molecule has 0 aromatic heterocycles. The van der Waals surface area contributed by atoms with E-state index in [9.17, 15) is 14.7 Å². The van der Waals surface area contributed by atoms with Crippen molar-refractivity contribution in [2.45, 2.75) is 37.7 Å². The quantitative estimate of drug-likeness (QED) is 0.825. The fourth-order valence-corrected chi connectivity index (χ4v) is 3.49. The number of nitrogens with zero attached hydrogens (tertiary/aromatic N) is 1. The number of hydrogen-bond acceptors (Lipinski definition) is 3. The summed E-state index contributed by atoms with van der Waals surface area (Å²) in [5, 5.41) is 11.4. The van der Waals surface area contributed by atoms with Crippen LogP contribution in [0, 0.1) is 0 Å². The van der Waals surface area contributed by atoms with Gasteiger partial charge in [0.15, 0.2) is 5.60 Å². The Kier molecular flexibility index (Phi) is 5.00. The molecule has 1 heterocycles. The molecule has 2 amide bonds. The lowest BCUT2D eigenvalue weighted by molar-refractivity contribution is -0.145. The van der Waals surface area contributed by atoms with Crippen molar-refractivity contribution in [3.05, 3.63) is 71.8 Å². The van der Waals surface area contributed by atoms with Crippen LogP contribution >= 0.6 is 0 Å². The molecule has 2 aromatic carbocycles. The average molecular weight is 337 g/mol. The van der Waals surface area contributed by atoms with E-state index in [1.807, 2.05) is 55.5 Å². The second kappa shape index (κ2) is 7.19. The highest BCUT2D eigenvalue weighted by Gasteiger charge is 2.58. The zero-order chi connectivity index (χ0) is 17.9. The highest BCUT2D eigenvalue weighted by molar-refractivity contribution is 6.11. The summed E-state index contributed by atoms with van der Waals surface area (Å²) >= 11 is 0. The topological polar surface area (TPSA) is 57.6 Å². The average Bonchev–Trinajstić information content (AvgIpc) is 2.81. The molecule has 3 rings (SSSR count). The molecule has 25 heavy (non-hydrogen) atoms. The molecule has 1 fully saturated rings. The van der Waals surface area contributed by atoms with Gasteiger partial charge in [-0.2, -0.15) is 0 Å². The second-order valence-corrected chi connectivity index (χ2v) is 6.58. The van der Waals surface area contributed by atoms with Crippen LogP contribution in [0.4, 0.5) is 0 Å². The molecular weight excluding hydrogens is 314 g/mol. The first-order valence-corrected chi connectivity index (χ1v) is 8.75. The first-order chi connectivity index (χ1) is 12.1. The number of likely N-dealkylation sites (tertiary alicyclic amines) is 1. The number of benzene rings is 2. The number of carbonyl (C=O) groups excluding carboxylic acids is 2. The van der Waals surface area contributed by atoms with E-state index in [-0.39, 0.29) is 12.3 Å². The predicted octanol–water partition coefficient (Wildman–Crippen LogP) is 2.91. The molecule has 1 saturated heterocycles. The van der Waals surface area contributed by atoms with Crippen molar-refractivity contribution >= 4 is 11.8 Å². The van der Waals surface area contributed by atoms with Crippen molar-refractivity contribution in [3.8, 4) is 0 Å². The minimum Gasteiger partial charge on any atom is -0.378 e. The smallest absolute Gasteiger partial charge is 0.262 e. The lowest BCUT2D eigenvalue weighted by Gasteiger charge is -2.26. The van der Waals surface area contributed by atoms with Gasteiger partial charge in [-0.05, 0) is 17.5 Å². The maximum Gasteiger partial charge on any atom is 0.262 e. The number of amides is 2. The maximum absolute atomic E-state index is 13.0. The van der Waals surface area contributed by atoms with Crippen molar-refractivity contribution in [1.82, 2.24) is 4.90 Å². The van der Waals surface area contributed by atoms with E-state index >= 15 is 0 Å². The van der Waals surface area contributed by atoms with E-state index in [1.165, 1.54) is 4.90 Å². The van der Waals surface area contributed by atoms with Crippen LogP contribution in [0.1, 0.15) is 36.8 Å². The van der Waals surface area contributed by atoms with Crippen LogP contribution in [0.15, 0.2) is 60.7 Å². The van der Waals surface area contributed by atoms with Crippen molar-refractivity contribution in [2.75, 3.05) is 6.54 Å². The standard InChI is InChI=1S/C21H23NO3/c1-2-3-14-22-19(23)18(17-12-8-5-9-13-17)21(25,20(22)24)15-16-10-6-4-7-11-16/h4-13,18,25H,2-3,14-15H2,1H3/t18-,21-/m1/s1. The number of unbranched alkanes of at least 4 members (excludes halogenated alkanes) is 1. The normalized spacial score (nSPS) is 23.3. The monoisotopic (exact) mass is 337 g/mol. The Bertz CT molecular complexity index is 744. The molecule has 0 saturated carbocycles. The van der Waals surface area contributed by atoms with Crippen LogP contribution < -0.4 is 0 Å². The third kappa shape index (κ3) is 3.22. The molecule has 0 spiro atoms. The summed E-state index contributed by atoms with van der Waals surface area (Å²) in [6, 6.07) is 18.5. The second-order valence-electron chi connectivity index (χ2n) is 6.58. The Balaban J connectivity index is 2.01. The van der Waals surface area contributed by atoms with E-state index in [0.29, 0.717) is 12.1 Å². The molecule has 1 aliphatic heterocycles. The lowest BCUT2D eigenvalue weighted by atomic mass is 9.80. The Labute approximate surface area is 148 Å². The van der Waals surface area contributed by atoms with Crippen LogP contribution in [-0.4, -0.2) is 34.0 Å². The number of carbonyl (C=O) groups is 2. The largest absolute Gasteiger partial charge is 0.378 e. The molecular formula is C21H23NO3. The Hall–Kier alpha value is -2.46. The van der Waals surface area contributed by atoms with Crippen LogP contribution in [-0.2, 0) is 16.0 Å². The number of rotatable bonds is 6. The van der Waals surface area contributed by atoms with Crippen LogP contribution in [0.5, 0.6) is 0 Å². The molecule has 0 unspecified atom stereocenters. The highest BCUT2D eigenvalue weighted by atomic mass is 16.3. The Morgan fingerprint density at radius 1 is 1.00 bits per heavy atom. The van der Waals surface area contributed by atoms with Crippen molar-refractivity contribution < 1.29 is 14.7 Å². The first-order valence-electron chi connectivity index (χ1n) is 8.75. The van der Waals surface area contributed by atoms with Crippen LogP contribution in [0.2, 0.25) is 0 Å². The third-order valence-electron chi connectivity index (χ3n) is 4.79. The molecule has 4 nitrogen and oxygen atoms in total. The fraction of sp³-hybridized carbons (Fsp3) is 0.333. The molecule has 1 N–H and O–H groups in total. The lowest BCUT2D eigenvalue weighted by Crippen LogP contribution is -2.44. The molecule has 1 aliphatic rings. The number of aliphatic hydroxyl groups is 1. The van der Waals surface area contributed by atoms with Crippen LogP contribution in [0.3, 0.4) is 0 Å². The molecule has 2 aromatic rings. The molecule has 0 radical (unpaired) electrons. The van der Waals surface area contributed by atoms with Gasteiger partial charge in [0.2, 0.25) is 5.91 Å². The minimum atomic E-state index is -1.74. The van der Waals surface area contributed by atoms with Gasteiger partial charge >= 0.3 is 0 Å². The molecule has 130 valence electrons. The van der Waals surface area contributed by atoms with Gasteiger partial charge in [0.05, 0.1) is 0 Å². The van der Waals surface area contributed by atoms with Gasteiger partial charge in [0, 0.05) is 13.0 Å². The van der Waals surface area contributed by atoms with Crippen molar-refractivity contribution in [1.29, 1.82) is 0 Å². The predicted molar refractivity (Wildman–Crippen MR) is 95.9 cm³/mol. The van der Waals surface area contributed by atoms with Gasteiger partial charge < -0.3 is 5.11 Å². The molecule has 4 heteroatoms. The van der Waals surface area contributed by atoms with E-state index < -0.39 is 17.4 Å². The molecule has 0 bridgehead atoms. The van der Waals surface area contributed by atoms with Crippen molar-refractivity contribution in [3.63, 3.8) is 0 Å². The van der Waals surface area contributed by atoms with E-state index in [1.54, 1.807) is 12.1 Å².